The summed E-state index contributed by atoms with van der Waals surface area (Å²) in [6.07, 6.45) is 0.659. The predicted molar refractivity (Wildman–Crippen MR) is 68.5 cm³/mol. The van der Waals surface area contributed by atoms with Gasteiger partial charge in [-0.3, -0.25) is 0 Å². The maximum absolute atomic E-state index is 12.8. The van der Waals surface area contributed by atoms with Crippen molar-refractivity contribution in [3.8, 4) is 0 Å². The highest BCUT2D eigenvalue weighted by atomic mass is 19.1. The van der Waals surface area contributed by atoms with E-state index in [-0.39, 0.29) is 11.9 Å². The Labute approximate surface area is 106 Å². The Balaban J connectivity index is 2.18. The minimum Gasteiger partial charge on any atom is -0.324 e. The third-order valence-electron chi connectivity index (χ3n) is 2.91. The van der Waals surface area contributed by atoms with Crippen molar-refractivity contribution < 1.29 is 4.39 Å². The summed E-state index contributed by atoms with van der Waals surface area (Å²) >= 11 is 0. The Morgan fingerprint density at radius 1 is 1.17 bits per heavy atom. The normalized spacial score (nSPS) is 12.4. The van der Waals surface area contributed by atoms with Crippen LogP contribution in [0.3, 0.4) is 0 Å². The predicted octanol–water partition coefficient (Wildman–Crippen LogP) is 2.48. The molecule has 4 heteroatoms. The molecule has 2 rings (SSSR count). The highest BCUT2D eigenvalue weighted by Crippen LogP contribution is 2.18. The quantitative estimate of drug-likeness (QED) is 0.903. The van der Waals surface area contributed by atoms with E-state index in [1.54, 1.807) is 12.1 Å². The van der Waals surface area contributed by atoms with Gasteiger partial charge in [-0.25, -0.2) is 4.39 Å². The zero-order valence-corrected chi connectivity index (χ0v) is 10.5. The molecule has 2 aromatic rings. The van der Waals surface area contributed by atoms with Crippen LogP contribution in [0.2, 0.25) is 0 Å². The molecule has 0 amide bonds. The smallest absolute Gasteiger partial charge is 0.123 e. The second-order valence-corrected chi connectivity index (χ2v) is 4.46. The van der Waals surface area contributed by atoms with Crippen molar-refractivity contribution in [2.45, 2.75) is 26.3 Å². The van der Waals surface area contributed by atoms with Crippen LogP contribution in [0.4, 0.5) is 4.39 Å². The van der Waals surface area contributed by atoms with E-state index in [0.29, 0.717) is 6.42 Å². The highest BCUT2D eigenvalue weighted by Gasteiger charge is 2.11. The van der Waals surface area contributed by atoms with Gasteiger partial charge in [0.1, 0.15) is 5.82 Å². The first-order chi connectivity index (χ1) is 8.56. The second-order valence-electron chi connectivity index (χ2n) is 4.46. The summed E-state index contributed by atoms with van der Waals surface area (Å²) in [6.45, 7) is 3.78. The Kier molecular flexibility index (Phi) is 3.67. The standard InChI is InChI=1S/C14H16FN3/c1-9-7-13(10(2)18-17-9)14(16)8-11-3-5-12(15)6-4-11/h3-7,14H,8,16H2,1-2H3. The molecule has 0 saturated carbocycles. The van der Waals surface area contributed by atoms with Gasteiger partial charge in [0.05, 0.1) is 11.4 Å². The van der Waals surface area contributed by atoms with Gasteiger partial charge >= 0.3 is 0 Å². The van der Waals surface area contributed by atoms with Crippen molar-refractivity contribution in [2.75, 3.05) is 0 Å². The average Bonchev–Trinajstić information content (AvgIpc) is 2.35. The number of halogens is 1. The van der Waals surface area contributed by atoms with Crippen molar-refractivity contribution in [1.82, 2.24) is 10.2 Å². The van der Waals surface area contributed by atoms with Crippen LogP contribution in [0.25, 0.3) is 0 Å². The number of hydrogen-bond donors (Lipinski definition) is 1. The average molecular weight is 245 g/mol. The molecule has 0 spiro atoms. The molecule has 3 nitrogen and oxygen atoms in total. The number of benzene rings is 1. The van der Waals surface area contributed by atoms with Crippen LogP contribution in [0.5, 0.6) is 0 Å². The first-order valence-corrected chi connectivity index (χ1v) is 5.87. The summed E-state index contributed by atoms with van der Waals surface area (Å²) in [5.41, 5.74) is 9.87. The zero-order chi connectivity index (χ0) is 13.1. The van der Waals surface area contributed by atoms with Gasteiger partial charge in [0, 0.05) is 6.04 Å². The summed E-state index contributed by atoms with van der Waals surface area (Å²) in [4.78, 5) is 0. The molecule has 0 aliphatic heterocycles. The molecule has 2 N–H and O–H groups in total. The lowest BCUT2D eigenvalue weighted by Gasteiger charge is -2.14. The molecule has 1 aromatic carbocycles. The molecule has 0 aliphatic carbocycles. The number of rotatable bonds is 3. The van der Waals surface area contributed by atoms with Crippen molar-refractivity contribution in [1.29, 1.82) is 0 Å². The molecule has 94 valence electrons. The maximum Gasteiger partial charge on any atom is 0.123 e. The number of aromatic nitrogens is 2. The van der Waals surface area contributed by atoms with Gasteiger partial charge in [-0.2, -0.15) is 10.2 Å². The topological polar surface area (TPSA) is 51.8 Å². The fraction of sp³-hybridized carbons (Fsp3) is 0.286. The van der Waals surface area contributed by atoms with Crippen LogP contribution in [-0.4, -0.2) is 10.2 Å². The van der Waals surface area contributed by atoms with E-state index >= 15 is 0 Å². The molecule has 1 unspecified atom stereocenters. The molecule has 0 aliphatic rings. The minimum atomic E-state index is -0.232. The Morgan fingerprint density at radius 2 is 1.83 bits per heavy atom. The highest BCUT2D eigenvalue weighted by molar-refractivity contribution is 5.26. The second kappa shape index (κ2) is 5.23. The van der Waals surface area contributed by atoms with Crippen LogP contribution in [0, 0.1) is 19.7 Å². The molecular formula is C14H16FN3. The molecule has 0 radical (unpaired) electrons. The third-order valence-corrected chi connectivity index (χ3v) is 2.91. The first-order valence-electron chi connectivity index (χ1n) is 5.87. The van der Waals surface area contributed by atoms with Gasteiger partial charge in [-0.05, 0) is 49.6 Å². The summed E-state index contributed by atoms with van der Waals surface area (Å²) in [5, 5.41) is 8.05. The Hall–Kier alpha value is -1.81. The van der Waals surface area contributed by atoms with Gasteiger partial charge in [-0.1, -0.05) is 12.1 Å². The molecule has 0 fully saturated rings. The van der Waals surface area contributed by atoms with Crippen molar-refractivity contribution >= 4 is 0 Å². The van der Waals surface area contributed by atoms with Gasteiger partial charge in [-0.15, -0.1) is 0 Å². The molecule has 0 saturated heterocycles. The van der Waals surface area contributed by atoms with E-state index in [0.717, 1.165) is 22.5 Å². The Bertz CT molecular complexity index is 537. The van der Waals surface area contributed by atoms with E-state index in [9.17, 15) is 4.39 Å². The molecule has 1 aromatic heterocycles. The fourth-order valence-corrected chi connectivity index (χ4v) is 1.93. The van der Waals surface area contributed by atoms with E-state index in [2.05, 4.69) is 10.2 Å². The Morgan fingerprint density at radius 3 is 2.50 bits per heavy atom. The van der Waals surface area contributed by atoms with Gasteiger partial charge in [0.15, 0.2) is 0 Å². The summed E-state index contributed by atoms with van der Waals surface area (Å²) in [7, 11) is 0. The number of hydrogen-bond acceptors (Lipinski definition) is 3. The van der Waals surface area contributed by atoms with Crippen LogP contribution in [-0.2, 0) is 6.42 Å². The van der Waals surface area contributed by atoms with E-state index < -0.39 is 0 Å². The van der Waals surface area contributed by atoms with Crippen LogP contribution < -0.4 is 5.73 Å². The third kappa shape index (κ3) is 2.90. The SMILES string of the molecule is Cc1cc(C(N)Cc2ccc(F)cc2)c(C)nn1. The number of nitrogens with zero attached hydrogens (tertiary/aromatic N) is 2. The van der Waals surface area contributed by atoms with E-state index in [1.807, 2.05) is 19.9 Å². The number of nitrogens with two attached hydrogens (primary N) is 1. The van der Waals surface area contributed by atoms with Crippen molar-refractivity contribution in [2.24, 2.45) is 5.73 Å². The monoisotopic (exact) mass is 245 g/mol. The summed E-state index contributed by atoms with van der Waals surface area (Å²) in [5.74, 6) is -0.232. The van der Waals surface area contributed by atoms with E-state index in [4.69, 9.17) is 5.73 Å². The summed E-state index contributed by atoms with van der Waals surface area (Å²) < 4.78 is 12.8. The minimum absolute atomic E-state index is 0.148. The zero-order valence-electron chi connectivity index (χ0n) is 10.5. The van der Waals surface area contributed by atoms with Gasteiger partial charge in [0.25, 0.3) is 0 Å². The first kappa shape index (κ1) is 12.6. The van der Waals surface area contributed by atoms with Gasteiger partial charge < -0.3 is 5.73 Å². The van der Waals surface area contributed by atoms with E-state index in [1.165, 1.54) is 12.1 Å². The lowest BCUT2D eigenvalue weighted by Crippen LogP contribution is -2.16. The number of aryl methyl sites for hydroxylation is 2. The van der Waals surface area contributed by atoms with Crippen LogP contribution in [0.1, 0.15) is 28.6 Å². The van der Waals surface area contributed by atoms with Crippen molar-refractivity contribution in [3.63, 3.8) is 0 Å². The molecule has 1 heterocycles. The molecule has 18 heavy (non-hydrogen) atoms. The lowest BCUT2D eigenvalue weighted by molar-refractivity contribution is 0.625. The molecule has 0 bridgehead atoms. The largest absolute Gasteiger partial charge is 0.324 e. The fourth-order valence-electron chi connectivity index (χ4n) is 1.93. The molecule has 1 atom stereocenters. The lowest BCUT2D eigenvalue weighted by atomic mass is 9.98. The van der Waals surface area contributed by atoms with Crippen LogP contribution >= 0.6 is 0 Å². The summed E-state index contributed by atoms with van der Waals surface area (Å²) in [6, 6.07) is 8.22. The van der Waals surface area contributed by atoms with Gasteiger partial charge in [0.2, 0.25) is 0 Å². The maximum atomic E-state index is 12.8. The van der Waals surface area contributed by atoms with Crippen LogP contribution in [0.15, 0.2) is 30.3 Å². The molecular weight excluding hydrogens is 229 g/mol. The van der Waals surface area contributed by atoms with Crippen molar-refractivity contribution in [3.05, 3.63) is 58.7 Å².